The molecule has 7 rings (SSSR count). The van der Waals surface area contributed by atoms with Gasteiger partial charge in [0.15, 0.2) is 5.60 Å². The topological polar surface area (TPSA) is 75.6 Å². The van der Waals surface area contributed by atoms with E-state index in [2.05, 4.69) is 4.74 Å². The first-order chi connectivity index (χ1) is 26.4. The minimum atomic E-state index is -4.80. The zero-order valence-electron chi connectivity index (χ0n) is 30.4. The molecule has 2 saturated heterocycles. The molecule has 7 nitrogen and oxygen atoms in total. The zero-order chi connectivity index (χ0) is 38.7. The molecule has 0 radical (unpaired) electrons. The summed E-state index contributed by atoms with van der Waals surface area (Å²) in [7, 11) is 0. The lowest BCUT2D eigenvalue weighted by Gasteiger charge is -2.54. The van der Waals surface area contributed by atoms with Gasteiger partial charge >= 0.3 is 6.36 Å². The second-order valence-corrected chi connectivity index (χ2v) is 14.8. The predicted octanol–water partition coefficient (Wildman–Crippen LogP) is 9.31. The van der Waals surface area contributed by atoms with Crippen molar-refractivity contribution in [1.82, 2.24) is 0 Å². The molecule has 5 aromatic rings. The summed E-state index contributed by atoms with van der Waals surface area (Å²) < 4.78 is 77.0. The van der Waals surface area contributed by atoms with Crippen LogP contribution in [-0.2, 0) is 55.7 Å². The number of hydrogen-bond donors (Lipinski definition) is 1. The second-order valence-electron chi connectivity index (χ2n) is 14.4. The van der Waals surface area contributed by atoms with Crippen LogP contribution in [0.2, 0.25) is 5.02 Å². The highest BCUT2D eigenvalue weighted by Crippen LogP contribution is 2.56. The van der Waals surface area contributed by atoms with Gasteiger partial charge in [0, 0.05) is 10.6 Å². The molecule has 55 heavy (non-hydrogen) atoms. The molecular formula is C44H42ClF3O7. The van der Waals surface area contributed by atoms with Crippen molar-refractivity contribution < 1.29 is 46.7 Å². The number of benzene rings is 5. The van der Waals surface area contributed by atoms with Gasteiger partial charge in [0.05, 0.1) is 32.0 Å². The lowest BCUT2D eigenvalue weighted by molar-refractivity contribution is -0.369. The van der Waals surface area contributed by atoms with Crippen molar-refractivity contribution in [3.05, 3.63) is 172 Å². The van der Waals surface area contributed by atoms with E-state index in [1.807, 2.05) is 97.1 Å². The van der Waals surface area contributed by atoms with Crippen LogP contribution < -0.4 is 4.74 Å². The van der Waals surface area contributed by atoms with Crippen molar-refractivity contribution in [2.45, 2.75) is 81.8 Å². The molecule has 5 aromatic carbocycles. The minimum Gasteiger partial charge on any atom is -0.406 e. The maximum Gasteiger partial charge on any atom is 0.573 e. The van der Waals surface area contributed by atoms with E-state index in [1.165, 1.54) is 12.1 Å². The summed E-state index contributed by atoms with van der Waals surface area (Å²) in [5.41, 5.74) is 1.73. The average molecular weight is 775 g/mol. The molecule has 2 aliphatic rings. The SMILES string of the molecule is CC(C)(O)[C@@]12CO[C@@](c3ccc(Cl)c(Cc4ccc(OC(F)(F)F)cc4)c3)(O1)[C@@H](OCc1ccccc1)[C@@H](OCc1ccccc1)[C@@H]2OCc1ccccc1. The monoisotopic (exact) mass is 774 g/mol. The van der Waals surface area contributed by atoms with E-state index in [0.717, 1.165) is 16.7 Å². The Hall–Kier alpha value is -4.26. The van der Waals surface area contributed by atoms with Gasteiger partial charge in [0.25, 0.3) is 0 Å². The number of ether oxygens (including phenoxy) is 6. The smallest absolute Gasteiger partial charge is 0.406 e. The van der Waals surface area contributed by atoms with Gasteiger partial charge < -0.3 is 33.5 Å². The normalized spacial score (nSPS) is 23.8. The molecule has 2 fully saturated rings. The number of rotatable bonds is 14. The maximum atomic E-state index is 12.8. The van der Waals surface area contributed by atoms with E-state index in [1.54, 1.807) is 38.1 Å². The molecule has 288 valence electrons. The Balaban J connectivity index is 1.31. The third kappa shape index (κ3) is 8.61. The van der Waals surface area contributed by atoms with E-state index >= 15 is 0 Å². The maximum absolute atomic E-state index is 12.8. The molecule has 11 heteroatoms. The van der Waals surface area contributed by atoms with E-state index < -0.39 is 41.7 Å². The van der Waals surface area contributed by atoms with Crippen LogP contribution in [0.5, 0.6) is 5.75 Å². The molecule has 0 amide bonds. The van der Waals surface area contributed by atoms with Crippen molar-refractivity contribution in [1.29, 1.82) is 0 Å². The van der Waals surface area contributed by atoms with Crippen LogP contribution in [0.25, 0.3) is 0 Å². The van der Waals surface area contributed by atoms with Gasteiger partial charge in [0.2, 0.25) is 5.79 Å². The first-order valence-electron chi connectivity index (χ1n) is 18.0. The fraction of sp³-hybridized carbons (Fsp3) is 0.318. The molecule has 2 aliphatic heterocycles. The van der Waals surface area contributed by atoms with E-state index in [4.69, 9.17) is 35.3 Å². The van der Waals surface area contributed by atoms with Gasteiger partial charge in [-0.2, -0.15) is 0 Å². The Morgan fingerprint density at radius 3 is 1.75 bits per heavy atom. The number of hydrogen-bond acceptors (Lipinski definition) is 7. The Labute approximate surface area is 323 Å². The van der Waals surface area contributed by atoms with Crippen LogP contribution in [0.15, 0.2) is 133 Å². The lowest BCUT2D eigenvalue weighted by Crippen LogP contribution is -2.72. The number of halogens is 4. The molecule has 1 N–H and O–H groups in total. The fourth-order valence-electron chi connectivity index (χ4n) is 7.27. The highest BCUT2D eigenvalue weighted by Gasteiger charge is 2.73. The summed E-state index contributed by atoms with van der Waals surface area (Å²) in [4.78, 5) is 0. The van der Waals surface area contributed by atoms with Crippen molar-refractivity contribution in [3.8, 4) is 5.75 Å². The van der Waals surface area contributed by atoms with Gasteiger partial charge in [-0.3, -0.25) is 0 Å². The third-order valence-corrected chi connectivity index (χ3v) is 10.5. The second kappa shape index (κ2) is 16.1. The van der Waals surface area contributed by atoms with Crippen molar-refractivity contribution in [2.75, 3.05) is 6.61 Å². The molecule has 2 heterocycles. The van der Waals surface area contributed by atoms with Gasteiger partial charge in [0.1, 0.15) is 24.1 Å². The summed E-state index contributed by atoms with van der Waals surface area (Å²) in [6.07, 6.45) is -7.18. The molecule has 5 atom stereocenters. The molecule has 0 saturated carbocycles. The van der Waals surface area contributed by atoms with Crippen molar-refractivity contribution >= 4 is 11.6 Å². The first-order valence-corrected chi connectivity index (χ1v) is 18.4. The standard InChI is InChI=1S/C44H42ClF3O7/c1-41(2,49)42-29-53-43(55-42,35-20-23-37(45)34(25-35)24-30-18-21-36(22-19-30)54-44(46,47)48)40(52-28-33-16-10-5-11-17-33)38(50-26-31-12-6-3-7-13-31)39(42)51-27-32-14-8-4-9-15-32/h3-23,25,38-40,49H,24,26-29H2,1-2H3/t38-,39-,40-,42-,43-/m0/s1. The van der Waals surface area contributed by atoms with E-state index in [9.17, 15) is 18.3 Å². The van der Waals surface area contributed by atoms with Gasteiger partial charge in [-0.05, 0) is 72.4 Å². The first kappa shape index (κ1) is 39.0. The van der Waals surface area contributed by atoms with Gasteiger partial charge in [-0.15, -0.1) is 13.2 Å². The summed E-state index contributed by atoms with van der Waals surface area (Å²) >= 11 is 6.78. The van der Waals surface area contributed by atoms with Crippen LogP contribution in [-0.4, -0.2) is 47.6 Å². The number of fused-ring (bicyclic) bond motifs is 2. The van der Waals surface area contributed by atoms with E-state index in [0.29, 0.717) is 21.7 Å². The Kier molecular flexibility index (Phi) is 11.4. The van der Waals surface area contributed by atoms with Crippen LogP contribution in [0.4, 0.5) is 13.2 Å². The van der Waals surface area contributed by atoms with Crippen LogP contribution in [0, 0.1) is 0 Å². The zero-order valence-corrected chi connectivity index (χ0v) is 31.1. The van der Waals surface area contributed by atoms with Gasteiger partial charge in [-0.25, -0.2) is 0 Å². The Morgan fingerprint density at radius 2 is 1.22 bits per heavy atom. The van der Waals surface area contributed by atoms with E-state index in [-0.39, 0.29) is 38.6 Å². The minimum absolute atomic E-state index is 0.0645. The molecule has 0 aromatic heterocycles. The molecule has 0 spiro atoms. The summed E-state index contributed by atoms with van der Waals surface area (Å²) in [6.45, 7) is 3.87. The third-order valence-electron chi connectivity index (χ3n) is 10.1. The molecular weight excluding hydrogens is 733 g/mol. The summed E-state index contributed by atoms with van der Waals surface area (Å²) in [6, 6.07) is 40.2. The Morgan fingerprint density at radius 1 is 0.691 bits per heavy atom. The lowest BCUT2D eigenvalue weighted by atomic mass is 9.74. The highest BCUT2D eigenvalue weighted by atomic mass is 35.5. The quantitative estimate of drug-likeness (QED) is 0.121. The molecule has 2 bridgehead atoms. The summed E-state index contributed by atoms with van der Waals surface area (Å²) in [5.74, 6) is -1.94. The number of aliphatic hydroxyl groups is 1. The van der Waals surface area contributed by atoms with Crippen molar-refractivity contribution in [2.24, 2.45) is 0 Å². The largest absolute Gasteiger partial charge is 0.573 e. The molecule has 0 unspecified atom stereocenters. The van der Waals surface area contributed by atoms with Crippen LogP contribution >= 0.6 is 11.6 Å². The van der Waals surface area contributed by atoms with Crippen LogP contribution in [0.3, 0.4) is 0 Å². The fourth-order valence-corrected chi connectivity index (χ4v) is 7.46. The van der Waals surface area contributed by atoms with Gasteiger partial charge in [-0.1, -0.05) is 121 Å². The van der Waals surface area contributed by atoms with Crippen molar-refractivity contribution in [3.63, 3.8) is 0 Å². The Bertz CT molecular complexity index is 2010. The van der Waals surface area contributed by atoms with Crippen LogP contribution in [0.1, 0.15) is 47.2 Å². The average Bonchev–Trinajstić information content (AvgIpc) is 3.54. The highest BCUT2D eigenvalue weighted by molar-refractivity contribution is 6.31. The summed E-state index contributed by atoms with van der Waals surface area (Å²) in [5, 5.41) is 12.5. The molecule has 0 aliphatic carbocycles. The predicted molar refractivity (Wildman–Crippen MR) is 200 cm³/mol. The number of alkyl halides is 3.